The number of benzene rings is 3. The Morgan fingerprint density at radius 2 is 1.32 bits per heavy atom. The average molecular weight is 377 g/mol. The predicted molar refractivity (Wildman–Crippen MR) is 107 cm³/mol. The van der Waals surface area contributed by atoms with Gasteiger partial charge in [0, 0.05) is 13.1 Å². The molecule has 2 atom stereocenters. The lowest BCUT2D eigenvalue weighted by molar-refractivity contribution is -0.0619. The normalized spacial score (nSPS) is 18.4. The molecule has 3 aromatic carbocycles. The number of hydrogen-bond donors (Lipinski definition) is 1. The molecular weight excluding hydrogens is 353 g/mol. The van der Waals surface area contributed by atoms with E-state index in [1.165, 1.54) is 12.1 Å². The van der Waals surface area contributed by atoms with E-state index in [1.54, 1.807) is 12.1 Å². The molecule has 4 heteroatoms. The van der Waals surface area contributed by atoms with Gasteiger partial charge in [-0.1, -0.05) is 72.8 Å². The zero-order valence-electron chi connectivity index (χ0n) is 15.7. The largest absolute Gasteiger partial charge is 0.379 e. The quantitative estimate of drug-likeness (QED) is 0.726. The lowest BCUT2D eigenvalue weighted by Crippen LogP contribution is -2.49. The third-order valence-corrected chi connectivity index (χ3v) is 5.42. The molecule has 0 spiro atoms. The molecule has 4 rings (SSSR count). The van der Waals surface area contributed by atoms with Gasteiger partial charge < -0.3 is 9.84 Å². The van der Waals surface area contributed by atoms with E-state index in [1.807, 2.05) is 60.7 Å². The average Bonchev–Trinajstić information content (AvgIpc) is 2.76. The monoisotopic (exact) mass is 377 g/mol. The summed E-state index contributed by atoms with van der Waals surface area (Å²) in [6.07, 6.45) is 0. The molecule has 1 aliphatic rings. The predicted octanol–water partition coefficient (Wildman–Crippen LogP) is 4.14. The molecular formula is C24H24FNO2. The van der Waals surface area contributed by atoms with Gasteiger partial charge in [0.2, 0.25) is 0 Å². The summed E-state index contributed by atoms with van der Waals surface area (Å²) in [6.45, 7) is 2.68. The Hall–Kier alpha value is -2.53. The first kappa shape index (κ1) is 18.8. The highest BCUT2D eigenvalue weighted by Crippen LogP contribution is 2.44. The van der Waals surface area contributed by atoms with Gasteiger partial charge in [-0.25, -0.2) is 4.39 Å². The lowest BCUT2D eigenvalue weighted by Gasteiger charge is -2.45. The highest BCUT2D eigenvalue weighted by molar-refractivity contribution is 5.41. The molecule has 0 amide bonds. The molecule has 1 heterocycles. The van der Waals surface area contributed by atoms with E-state index in [-0.39, 0.29) is 11.9 Å². The van der Waals surface area contributed by atoms with Crippen molar-refractivity contribution in [2.24, 2.45) is 0 Å². The maximum atomic E-state index is 13.6. The van der Waals surface area contributed by atoms with Crippen LogP contribution in [0.2, 0.25) is 0 Å². The molecule has 0 radical (unpaired) electrons. The van der Waals surface area contributed by atoms with Crippen molar-refractivity contribution in [1.29, 1.82) is 0 Å². The molecule has 3 nitrogen and oxygen atoms in total. The summed E-state index contributed by atoms with van der Waals surface area (Å²) in [5, 5.41) is 12.3. The van der Waals surface area contributed by atoms with Crippen LogP contribution in [-0.2, 0) is 10.3 Å². The highest BCUT2D eigenvalue weighted by atomic mass is 19.1. The fourth-order valence-corrected chi connectivity index (χ4v) is 4.07. The molecule has 0 aromatic heterocycles. The molecule has 1 saturated heterocycles. The molecule has 0 saturated carbocycles. The van der Waals surface area contributed by atoms with E-state index in [0.29, 0.717) is 18.8 Å². The van der Waals surface area contributed by atoms with Crippen LogP contribution >= 0.6 is 0 Å². The van der Waals surface area contributed by atoms with Gasteiger partial charge in [-0.05, 0) is 28.8 Å². The van der Waals surface area contributed by atoms with Crippen molar-refractivity contribution in [1.82, 2.24) is 4.90 Å². The Balaban J connectivity index is 1.92. The Bertz CT molecular complexity index is 879. The SMILES string of the molecule is O[C@](c1ccccc1)(c1ccc(F)cc1)[C@H](c1ccccc1)N1CCOCC1. The molecule has 1 aliphatic heterocycles. The summed E-state index contributed by atoms with van der Waals surface area (Å²) in [4.78, 5) is 2.26. The van der Waals surface area contributed by atoms with E-state index < -0.39 is 5.60 Å². The molecule has 0 unspecified atom stereocenters. The Morgan fingerprint density at radius 3 is 1.93 bits per heavy atom. The molecule has 1 N–H and O–H groups in total. The maximum Gasteiger partial charge on any atom is 0.134 e. The zero-order valence-corrected chi connectivity index (χ0v) is 15.7. The van der Waals surface area contributed by atoms with E-state index in [2.05, 4.69) is 4.90 Å². The van der Waals surface area contributed by atoms with Crippen LogP contribution in [0.5, 0.6) is 0 Å². The van der Waals surface area contributed by atoms with E-state index in [0.717, 1.165) is 24.2 Å². The second-order valence-corrected chi connectivity index (χ2v) is 7.10. The minimum atomic E-state index is -1.34. The summed E-state index contributed by atoms with van der Waals surface area (Å²) in [6, 6.07) is 25.5. The Morgan fingerprint density at radius 1 is 0.786 bits per heavy atom. The van der Waals surface area contributed by atoms with Gasteiger partial charge in [0.1, 0.15) is 11.4 Å². The topological polar surface area (TPSA) is 32.7 Å². The standard InChI is InChI=1S/C24H24FNO2/c25-22-13-11-21(12-14-22)24(27,20-9-5-2-6-10-20)23(19-7-3-1-4-8-19)26-15-17-28-18-16-26/h1-14,23,27H,15-18H2/t23-,24+/m0/s1. The number of aliphatic hydroxyl groups is 1. The fraction of sp³-hybridized carbons (Fsp3) is 0.250. The van der Waals surface area contributed by atoms with Crippen LogP contribution in [0.25, 0.3) is 0 Å². The maximum absolute atomic E-state index is 13.6. The van der Waals surface area contributed by atoms with Gasteiger partial charge in [-0.15, -0.1) is 0 Å². The number of rotatable bonds is 5. The van der Waals surface area contributed by atoms with Crippen molar-refractivity contribution in [2.75, 3.05) is 26.3 Å². The van der Waals surface area contributed by atoms with Crippen molar-refractivity contribution in [2.45, 2.75) is 11.6 Å². The van der Waals surface area contributed by atoms with Crippen molar-refractivity contribution >= 4 is 0 Å². The molecule has 0 bridgehead atoms. The lowest BCUT2D eigenvalue weighted by atomic mass is 9.76. The fourth-order valence-electron chi connectivity index (χ4n) is 4.07. The Kier molecular flexibility index (Phi) is 5.53. The van der Waals surface area contributed by atoms with Gasteiger partial charge in [0.05, 0.1) is 19.3 Å². The first-order chi connectivity index (χ1) is 13.7. The highest BCUT2D eigenvalue weighted by Gasteiger charge is 2.44. The first-order valence-corrected chi connectivity index (χ1v) is 9.60. The van der Waals surface area contributed by atoms with Crippen LogP contribution in [0, 0.1) is 5.82 Å². The van der Waals surface area contributed by atoms with Crippen LogP contribution in [0.3, 0.4) is 0 Å². The molecule has 1 fully saturated rings. The second-order valence-electron chi connectivity index (χ2n) is 7.10. The van der Waals surface area contributed by atoms with Gasteiger partial charge in [-0.3, -0.25) is 4.90 Å². The molecule has 28 heavy (non-hydrogen) atoms. The third kappa shape index (κ3) is 3.59. The summed E-state index contributed by atoms with van der Waals surface area (Å²) < 4.78 is 19.2. The van der Waals surface area contributed by atoms with Gasteiger partial charge in [-0.2, -0.15) is 0 Å². The summed E-state index contributed by atoms with van der Waals surface area (Å²) >= 11 is 0. The van der Waals surface area contributed by atoms with Gasteiger partial charge in [0.15, 0.2) is 0 Å². The summed E-state index contributed by atoms with van der Waals surface area (Å²) in [5.74, 6) is -0.318. The van der Waals surface area contributed by atoms with E-state index in [9.17, 15) is 9.50 Å². The molecule has 0 aliphatic carbocycles. The van der Waals surface area contributed by atoms with Crippen molar-refractivity contribution in [3.63, 3.8) is 0 Å². The third-order valence-electron chi connectivity index (χ3n) is 5.42. The number of morpholine rings is 1. The first-order valence-electron chi connectivity index (χ1n) is 9.60. The Labute approximate surface area is 165 Å². The van der Waals surface area contributed by atoms with Gasteiger partial charge >= 0.3 is 0 Å². The minimum absolute atomic E-state index is 0.318. The zero-order chi connectivity index (χ0) is 19.4. The second kappa shape index (κ2) is 8.23. The molecule has 3 aromatic rings. The number of halogens is 1. The van der Waals surface area contributed by atoms with Gasteiger partial charge in [0.25, 0.3) is 0 Å². The van der Waals surface area contributed by atoms with Crippen molar-refractivity contribution in [3.8, 4) is 0 Å². The van der Waals surface area contributed by atoms with Crippen molar-refractivity contribution < 1.29 is 14.2 Å². The number of ether oxygens (including phenoxy) is 1. The van der Waals surface area contributed by atoms with Crippen LogP contribution in [0.15, 0.2) is 84.9 Å². The smallest absolute Gasteiger partial charge is 0.134 e. The van der Waals surface area contributed by atoms with Crippen LogP contribution in [0.4, 0.5) is 4.39 Å². The minimum Gasteiger partial charge on any atom is -0.379 e. The summed E-state index contributed by atoms with van der Waals surface area (Å²) in [7, 11) is 0. The number of nitrogens with zero attached hydrogens (tertiary/aromatic N) is 1. The summed E-state index contributed by atoms with van der Waals surface area (Å²) in [5.41, 5.74) is 1.12. The van der Waals surface area contributed by atoms with Crippen LogP contribution < -0.4 is 0 Å². The number of hydrogen-bond acceptors (Lipinski definition) is 3. The van der Waals surface area contributed by atoms with Crippen LogP contribution in [-0.4, -0.2) is 36.3 Å². The van der Waals surface area contributed by atoms with E-state index in [4.69, 9.17) is 4.74 Å². The van der Waals surface area contributed by atoms with Crippen LogP contribution in [0.1, 0.15) is 22.7 Å². The van der Waals surface area contributed by atoms with Crippen molar-refractivity contribution in [3.05, 3.63) is 107 Å². The molecule has 144 valence electrons. The van der Waals surface area contributed by atoms with E-state index >= 15 is 0 Å².